The minimum atomic E-state index is -5.19. The molecule has 0 atom stereocenters. The number of carboxylic acid groups (broad SMARTS) is 2. The number of quaternary nitrogens is 2. The summed E-state index contributed by atoms with van der Waals surface area (Å²) in [6.07, 6.45) is -7.67. The highest BCUT2D eigenvalue weighted by molar-refractivity contribution is 7.98. The minimum Gasteiger partial charge on any atom is -0.542 e. The molecular weight excluding hydrogens is 610 g/mol. The van der Waals surface area contributed by atoms with Crippen molar-refractivity contribution in [3.8, 4) is 0 Å². The van der Waals surface area contributed by atoms with Gasteiger partial charge >= 0.3 is 12.4 Å². The molecule has 3 saturated heterocycles. The summed E-state index contributed by atoms with van der Waals surface area (Å²) in [5.41, 5.74) is 0.423. The van der Waals surface area contributed by atoms with Gasteiger partial charge in [0.15, 0.2) is 11.4 Å². The summed E-state index contributed by atoms with van der Waals surface area (Å²) in [4.78, 5) is 40.1. The van der Waals surface area contributed by atoms with Gasteiger partial charge in [-0.2, -0.15) is 26.3 Å². The monoisotopic (exact) mass is 638 g/mol. The van der Waals surface area contributed by atoms with Gasteiger partial charge in [0, 0.05) is 13.1 Å². The van der Waals surface area contributed by atoms with Crippen molar-refractivity contribution in [2.24, 2.45) is 0 Å². The number of aldehydes is 1. The number of nitrogens with zero attached hydrogens (tertiary/aromatic N) is 5. The van der Waals surface area contributed by atoms with E-state index < -0.39 is 24.3 Å². The number of nitrogens with one attached hydrogen (secondary N) is 1. The summed E-state index contributed by atoms with van der Waals surface area (Å²) >= 11 is 7.68. The molecule has 0 aromatic carbocycles. The van der Waals surface area contributed by atoms with E-state index in [2.05, 4.69) is 20.2 Å². The number of carbonyl (C=O) groups excluding carboxylic acids is 3. The Balaban J connectivity index is 0.000000349. The van der Waals surface area contributed by atoms with E-state index in [1.165, 1.54) is 60.0 Å². The van der Waals surface area contributed by atoms with Crippen LogP contribution in [0.1, 0.15) is 10.4 Å². The molecule has 3 aliphatic rings. The lowest BCUT2D eigenvalue weighted by Gasteiger charge is -2.53. The van der Waals surface area contributed by atoms with E-state index >= 15 is 0 Å². The quantitative estimate of drug-likeness (QED) is 0.113. The number of anilines is 1. The average molecular weight is 639 g/mol. The molecule has 0 saturated carbocycles. The van der Waals surface area contributed by atoms with Crippen LogP contribution in [0.15, 0.2) is 5.16 Å². The molecule has 1 aromatic rings. The number of alkyl halides is 6. The number of hydrogen-bond donors (Lipinski definition) is 1. The molecule has 232 valence electrons. The zero-order valence-electron chi connectivity index (χ0n) is 21.9. The highest BCUT2D eigenvalue weighted by atomic mass is 35.5. The van der Waals surface area contributed by atoms with E-state index in [9.17, 15) is 31.1 Å². The van der Waals surface area contributed by atoms with Crippen LogP contribution in [0.5, 0.6) is 0 Å². The van der Waals surface area contributed by atoms with Crippen molar-refractivity contribution in [1.29, 1.82) is 0 Å². The van der Waals surface area contributed by atoms with Gasteiger partial charge in [-0.25, -0.2) is 9.97 Å². The third-order valence-corrected chi connectivity index (χ3v) is 8.07. The van der Waals surface area contributed by atoms with E-state index in [1.54, 1.807) is 0 Å². The Labute approximate surface area is 240 Å². The predicted molar refractivity (Wildman–Crippen MR) is 131 cm³/mol. The molecule has 0 bridgehead atoms. The molecule has 11 nitrogen and oxygen atoms in total. The van der Waals surface area contributed by atoms with Crippen LogP contribution in [0.2, 0.25) is 5.15 Å². The van der Waals surface area contributed by atoms with Crippen LogP contribution >= 0.6 is 23.4 Å². The van der Waals surface area contributed by atoms with Crippen molar-refractivity contribution < 1.29 is 59.9 Å². The maximum Gasteiger partial charge on any atom is 0.430 e. The lowest BCUT2D eigenvalue weighted by atomic mass is 10.1. The van der Waals surface area contributed by atoms with Crippen LogP contribution in [0, 0.1) is 0 Å². The van der Waals surface area contributed by atoms with Crippen molar-refractivity contribution in [2.75, 3.05) is 89.7 Å². The second-order valence-corrected chi connectivity index (χ2v) is 10.8. The van der Waals surface area contributed by atoms with Crippen molar-refractivity contribution in [2.45, 2.75) is 17.5 Å². The molecule has 0 unspecified atom stereocenters. The van der Waals surface area contributed by atoms with Gasteiger partial charge in [-0.3, -0.25) is 4.79 Å². The molecule has 0 aliphatic carbocycles. The lowest BCUT2D eigenvalue weighted by molar-refractivity contribution is -1.03. The van der Waals surface area contributed by atoms with E-state index in [-0.39, 0.29) is 5.15 Å². The number of piperazine rings is 3. The smallest absolute Gasteiger partial charge is 0.430 e. The number of carboxylic acids is 2. The van der Waals surface area contributed by atoms with Crippen molar-refractivity contribution >= 4 is 47.4 Å². The molecule has 3 aliphatic heterocycles. The van der Waals surface area contributed by atoms with Crippen LogP contribution in [0.4, 0.5) is 32.2 Å². The summed E-state index contributed by atoms with van der Waals surface area (Å²) in [7, 11) is 0. The normalized spacial score (nSPS) is 19.9. The second kappa shape index (κ2) is 14.2. The van der Waals surface area contributed by atoms with E-state index in [4.69, 9.17) is 31.4 Å². The first-order valence-electron chi connectivity index (χ1n) is 12.3. The van der Waals surface area contributed by atoms with E-state index in [0.29, 0.717) is 16.5 Å². The minimum absolute atomic E-state index is 0.261. The lowest BCUT2D eigenvalue weighted by Crippen LogP contribution is -2.73. The third-order valence-electron chi connectivity index (χ3n) is 7.23. The Kier molecular flexibility index (Phi) is 12.0. The van der Waals surface area contributed by atoms with Gasteiger partial charge in [-0.15, -0.1) is 0 Å². The van der Waals surface area contributed by atoms with Crippen LogP contribution in [-0.4, -0.2) is 134 Å². The number of rotatable bonds is 3. The number of carbonyl (C=O) groups is 3. The largest absolute Gasteiger partial charge is 0.542 e. The summed E-state index contributed by atoms with van der Waals surface area (Å²) in [5, 5.41) is 21.9. The van der Waals surface area contributed by atoms with Gasteiger partial charge in [-0.05, 0) is 6.26 Å². The number of aliphatic carboxylic acids is 2. The summed E-state index contributed by atoms with van der Waals surface area (Å²) in [6, 6.07) is 0. The van der Waals surface area contributed by atoms with Gasteiger partial charge in [0.05, 0.1) is 44.8 Å². The molecule has 4 rings (SSSR count). The highest BCUT2D eigenvalue weighted by Crippen LogP contribution is 2.29. The summed E-state index contributed by atoms with van der Waals surface area (Å²) in [6.45, 7) is 14.1. The Morgan fingerprint density at radius 2 is 1.29 bits per heavy atom. The first-order chi connectivity index (χ1) is 19.0. The van der Waals surface area contributed by atoms with E-state index in [1.807, 2.05) is 6.26 Å². The molecule has 2 spiro atoms. The maximum absolute atomic E-state index is 11.5. The van der Waals surface area contributed by atoms with Gasteiger partial charge in [-0.1, -0.05) is 23.4 Å². The van der Waals surface area contributed by atoms with Crippen molar-refractivity contribution in [3.63, 3.8) is 0 Å². The number of thioether (sulfide) groups is 1. The maximum atomic E-state index is 11.5. The Morgan fingerprint density at radius 3 is 1.66 bits per heavy atom. The third kappa shape index (κ3) is 9.83. The van der Waals surface area contributed by atoms with Crippen molar-refractivity contribution in [3.05, 3.63) is 10.7 Å². The van der Waals surface area contributed by atoms with Crippen LogP contribution < -0.4 is 20.4 Å². The molecule has 3 fully saturated rings. The molecule has 19 heteroatoms. The second-order valence-electron chi connectivity index (χ2n) is 9.64. The van der Waals surface area contributed by atoms with Crippen molar-refractivity contribution in [1.82, 2.24) is 15.3 Å². The molecule has 1 N–H and O–H groups in total. The van der Waals surface area contributed by atoms with Gasteiger partial charge in [0.1, 0.15) is 49.1 Å². The fraction of sp³-hybridized carbons (Fsp3) is 0.682. The number of halogens is 7. The fourth-order valence-electron chi connectivity index (χ4n) is 4.78. The van der Waals surface area contributed by atoms with Crippen LogP contribution in [0.3, 0.4) is 0 Å². The molecule has 1 aromatic heterocycles. The SMILES string of the molecule is CSc1nc(Cl)c(C=O)c(N2CC[N+]3(CC2)CC[N+]2(CCNCC2)CC3)n1.O=C([O-])C(F)(F)F.O=C([O-])C(F)(F)F. The average Bonchev–Trinajstić information content (AvgIpc) is 2.91. The molecule has 41 heavy (non-hydrogen) atoms. The Hall–Kier alpha value is -2.41. The Bertz CT molecular complexity index is 1050. The summed E-state index contributed by atoms with van der Waals surface area (Å²) < 4.78 is 65.6. The summed E-state index contributed by atoms with van der Waals surface area (Å²) in [5.74, 6) is -5.31. The van der Waals surface area contributed by atoms with Gasteiger partial charge in [0.2, 0.25) is 0 Å². The number of hydrogen-bond acceptors (Lipinski definition) is 10. The highest BCUT2D eigenvalue weighted by Gasteiger charge is 2.44. The fourth-order valence-corrected chi connectivity index (χ4v) is 5.40. The zero-order valence-corrected chi connectivity index (χ0v) is 23.5. The first kappa shape index (κ1) is 34.8. The Morgan fingerprint density at radius 1 is 0.878 bits per heavy atom. The molecular formula is C22H29ClF6N6O5S. The van der Waals surface area contributed by atoms with Crippen LogP contribution in [0.25, 0.3) is 0 Å². The topological polar surface area (TPSA) is 138 Å². The first-order valence-corrected chi connectivity index (χ1v) is 13.9. The molecule has 4 heterocycles. The predicted octanol–water partition coefficient (Wildman–Crippen LogP) is -0.668. The van der Waals surface area contributed by atoms with E-state index in [0.717, 1.165) is 45.6 Å². The molecule has 0 radical (unpaired) electrons. The van der Waals surface area contributed by atoms with Crippen LogP contribution in [-0.2, 0) is 9.59 Å². The number of aromatic nitrogens is 2. The molecule has 0 amide bonds. The van der Waals surface area contributed by atoms with Gasteiger partial charge in [0.25, 0.3) is 0 Å². The zero-order chi connectivity index (χ0) is 31.1. The standard InChI is InChI=1S/C18H29ClN6OS.2C2HF3O2/c1-27-18-21-16(19)15(14-26)17(22-18)23-4-8-25(9-5-23)12-10-24(11-13-25)6-2-20-3-7-24;2*3-2(4,5)1(6)7/h14,20H,2-13H2,1H3;2*(H,6,7)/q+2;;/p-2. The van der Waals surface area contributed by atoms with Gasteiger partial charge < -0.3 is 39.0 Å².